The van der Waals surface area contributed by atoms with Crippen molar-refractivity contribution in [1.82, 2.24) is 30.1 Å². The molecular weight excluding hydrogens is 408 g/mol. The Bertz CT molecular complexity index is 1070. The van der Waals surface area contributed by atoms with Gasteiger partial charge in [0.15, 0.2) is 0 Å². The number of carbonyl (C=O) groups is 1. The number of para-hydroxylation sites is 1. The minimum atomic E-state index is -0.247. The molecule has 3 atom stereocenters. The highest BCUT2D eigenvalue weighted by atomic mass is 16.7. The number of piperazine rings is 1. The molecular formula is C23H30N6O3. The van der Waals surface area contributed by atoms with Crippen LogP contribution in [0.2, 0.25) is 0 Å². The number of hydrogen-bond acceptors (Lipinski definition) is 8. The normalized spacial score (nSPS) is 20.5. The fourth-order valence-corrected chi connectivity index (χ4v) is 4.37. The van der Waals surface area contributed by atoms with Gasteiger partial charge in [0.1, 0.15) is 42.8 Å². The van der Waals surface area contributed by atoms with Gasteiger partial charge in [0.05, 0.1) is 11.7 Å². The van der Waals surface area contributed by atoms with Crippen LogP contribution in [0, 0.1) is 0 Å². The van der Waals surface area contributed by atoms with Gasteiger partial charge < -0.3 is 19.7 Å². The minimum absolute atomic E-state index is 0.0210. The molecule has 1 aliphatic heterocycles. The van der Waals surface area contributed by atoms with Crippen LogP contribution in [0.3, 0.4) is 0 Å². The quantitative estimate of drug-likeness (QED) is 0.535. The summed E-state index contributed by atoms with van der Waals surface area (Å²) >= 11 is 0. The van der Waals surface area contributed by atoms with Crippen molar-refractivity contribution in [3.63, 3.8) is 0 Å². The topological polar surface area (TPSA) is 94.4 Å². The highest BCUT2D eigenvalue weighted by Crippen LogP contribution is 2.35. The maximum Gasteiger partial charge on any atom is 0.145 e. The standard InChI is InChI=1S/C23H30N6O3/c1-15(2)32-29-20-8-6-5-7-18(20)22(27-29)19-12-25-14-26-23(19)21-13-24-11-16(3)28(21)17(4)31-10-9-30/h5-9,12,14-17,21,24H,10-11,13H2,1-4H3/t16-,17-,21-/m0/s1. The SMILES string of the molecule is CC(C)On1nc(-c2cncnc2[C@@H]2CNC[C@H](C)N2[C@H](C)OCC=O)c2ccccc21. The van der Waals surface area contributed by atoms with E-state index in [1.807, 2.05) is 51.2 Å². The summed E-state index contributed by atoms with van der Waals surface area (Å²) in [5.41, 5.74) is 3.38. The van der Waals surface area contributed by atoms with Crippen molar-refractivity contribution >= 4 is 17.2 Å². The molecule has 3 heterocycles. The van der Waals surface area contributed by atoms with Crippen LogP contribution in [-0.2, 0) is 9.53 Å². The number of nitrogens with one attached hydrogen (secondary N) is 1. The zero-order valence-electron chi connectivity index (χ0n) is 18.9. The predicted molar refractivity (Wildman–Crippen MR) is 121 cm³/mol. The van der Waals surface area contributed by atoms with Crippen LogP contribution < -0.4 is 10.2 Å². The number of fused-ring (bicyclic) bond motifs is 1. The molecule has 1 aromatic carbocycles. The van der Waals surface area contributed by atoms with Gasteiger partial charge in [0.25, 0.3) is 0 Å². The average molecular weight is 439 g/mol. The molecule has 0 unspecified atom stereocenters. The first-order valence-electron chi connectivity index (χ1n) is 11.0. The van der Waals surface area contributed by atoms with Gasteiger partial charge in [-0.2, -0.15) is 0 Å². The van der Waals surface area contributed by atoms with Crippen LogP contribution in [0.1, 0.15) is 39.4 Å². The highest BCUT2D eigenvalue weighted by molar-refractivity contribution is 5.93. The predicted octanol–water partition coefficient (Wildman–Crippen LogP) is 2.23. The smallest absolute Gasteiger partial charge is 0.145 e. The molecule has 9 nitrogen and oxygen atoms in total. The van der Waals surface area contributed by atoms with Crippen LogP contribution in [0.4, 0.5) is 0 Å². The number of aromatic nitrogens is 4. The summed E-state index contributed by atoms with van der Waals surface area (Å²) < 4.78 is 5.76. The Kier molecular flexibility index (Phi) is 6.78. The average Bonchev–Trinajstić information content (AvgIpc) is 3.15. The molecule has 0 bridgehead atoms. The summed E-state index contributed by atoms with van der Waals surface area (Å²) in [6, 6.07) is 8.10. The lowest BCUT2D eigenvalue weighted by Crippen LogP contribution is -2.55. The molecule has 1 saturated heterocycles. The van der Waals surface area contributed by atoms with E-state index in [1.54, 1.807) is 11.2 Å². The third-order valence-corrected chi connectivity index (χ3v) is 5.65. The Balaban J connectivity index is 1.80. The van der Waals surface area contributed by atoms with Crippen molar-refractivity contribution in [3.05, 3.63) is 42.5 Å². The molecule has 3 aromatic rings. The van der Waals surface area contributed by atoms with Crippen LogP contribution in [0.5, 0.6) is 0 Å². The van der Waals surface area contributed by atoms with Crippen molar-refractivity contribution in [3.8, 4) is 11.3 Å². The summed E-state index contributed by atoms with van der Waals surface area (Å²) in [5.74, 6) is 0. The molecule has 9 heteroatoms. The molecule has 0 radical (unpaired) electrons. The van der Waals surface area contributed by atoms with Crippen molar-refractivity contribution in [2.24, 2.45) is 0 Å². The van der Waals surface area contributed by atoms with Crippen molar-refractivity contribution in [1.29, 1.82) is 0 Å². The molecule has 0 amide bonds. The second-order valence-electron chi connectivity index (χ2n) is 8.28. The summed E-state index contributed by atoms with van der Waals surface area (Å²) in [6.07, 6.45) is 3.89. The van der Waals surface area contributed by atoms with E-state index in [0.717, 1.165) is 40.7 Å². The molecule has 0 aliphatic carbocycles. The third-order valence-electron chi connectivity index (χ3n) is 5.65. The monoisotopic (exact) mass is 438 g/mol. The molecule has 1 fully saturated rings. The minimum Gasteiger partial charge on any atom is -0.393 e. The maximum atomic E-state index is 10.9. The Hall–Kier alpha value is -2.88. The van der Waals surface area contributed by atoms with E-state index in [9.17, 15) is 4.79 Å². The van der Waals surface area contributed by atoms with E-state index in [0.29, 0.717) is 6.54 Å². The van der Waals surface area contributed by atoms with Crippen molar-refractivity contribution in [2.75, 3.05) is 19.7 Å². The molecule has 2 aromatic heterocycles. The number of ether oxygens (including phenoxy) is 1. The molecule has 1 N–H and O–H groups in total. The van der Waals surface area contributed by atoms with Gasteiger partial charge in [0, 0.05) is 36.3 Å². The summed E-state index contributed by atoms with van der Waals surface area (Å²) in [6.45, 7) is 9.64. The number of hydrogen-bond donors (Lipinski definition) is 1. The number of benzene rings is 1. The number of nitrogens with zero attached hydrogens (tertiary/aromatic N) is 5. The zero-order valence-corrected chi connectivity index (χ0v) is 18.9. The van der Waals surface area contributed by atoms with Gasteiger partial charge in [-0.1, -0.05) is 23.0 Å². The second-order valence-corrected chi connectivity index (χ2v) is 8.28. The molecule has 0 spiro atoms. The molecule has 32 heavy (non-hydrogen) atoms. The van der Waals surface area contributed by atoms with E-state index in [4.69, 9.17) is 19.7 Å². The number of aldehydes is 1. The third kappa shape index (κ3) is 4.36. The van der Waals surface area contributed by atoms with Gasteiger partial charge in [0.2, 0.25) is 0 Å². The lowest BCUT2D eigenvalue weighted by molar-refractivity contribution is -0.125. The van der Waals surface area contributed by atoms with Gasteiger partial charge in [-0.05, 0) is 33.8 Å². The Morgan fingerprint density at radius 2 is 2.06 bits per heavy atom. The van der Waals surface area contributed by atoms with Gasteiger partial charge >= 0.3 is 0 Å². The van der Waals surface area contributed by atoms with E-state index < -0.39 is 0 Å². The Morgan fingerprint density at radius 1 is 1.25 bits per heavy atom. The molecule has 4 rings (SSSR count). The van der Waals surface area contributed by atoms with Crippen LogP contribution in [-0.4, -0.2) is 69.2 Å². The largest absolute Gasteiger partial charge is 0.393 e. The zero-order chi connectivity index (χ0) is 22.7. The first-order chi connectivity index (χ1) is 15.5. The summed E-state index contributed by atoms with van der Waals surface area (Å²) in [5, 5.41) is 9.26. The number of rotatable bonds is 8. The van der Waals surface area contributed by atoms with E-state index >= 15 is 0 Å². The fourth-order valence-electron chi connectivity index (χ4n) is 4.37. The van der Waals surface area contributed by atoms with Crippen molar-refractivity contribution < 1.29 is 14.4 Å². The van der Waals surface area contributed by atoms with Gasteiger partial charge in [-0.25, -0.2) is 9.97 Å². The first kappa shape index (κ1) is 22.3. The fraction of sp³-hybridized carbons (Fsp3) is 0.478. The van der Waals surface area contributed by atoms with Gasteiger partial charge in [-0.15, -0.1) is 5.10 Å². The lowest BCUT2D eigenvalue weighted by atomic mass is 9.98. The van der Waals surface area contributed by atoms with Crippen LogP contribution >= 0.6 is 0 Å². The first-order valence-corrected chi connectivity index (χ1v) is 11.0. The second kappa shape index (κ2) is 9.72. The van der Waals surface area contributed by atoms with E-state index in [-0.39, 0.29) is 31.0 Å². The summed E-state index contributed by atoms with van der Waals surface area (Å²) in [4.78, 5) is 29.6. The highest BCUT2D eigenvalue weighted by Gasteiger charge is 2.36. The lowest BCUT2D eigenvalue weighted by Gasteiger charge is -2.44. The molecule has 170 valence electrons. The molecule has 0 saturated carbocycles. The van der Waals surface area contributed by atoms with Crippen molar-refractivity contribution in [2.45, 2.75) is 52.1 Å². The molecule has 1 aliphatic rings. The number of carbonyl (C=O) groups excluding carboxylic acids is 1. The summed E-state index contributed by atoms with van der Waals surface area (Å²) in [7, 11) is 0. The Labute approximate surface area is 187 Å². The Morgan fingerprint density at radius 3 is 2.84 bits per heavy atom. The van der Waals surface area contributed by atoms with Crippen LogP contribution in [0.15, 0.2) is 36.8 Å². The maximum absolute atomic E-state index is 10.9. The van der Waals surface area contributed by atoms with Crippen LogP contribution in [0.25, 0.3) is 22.2 Å². The van der Waals surface area contributed by atoms with Gasteiger partial charge in [-0.3, -0.25) is 4.90 Å². The van der Waals surface area contributed by atoms with E-state index in [1.165, 1.54) is 0 Å². The van der Waals surface area contributed by atoms with E-state index in [2.05, 4.69) is 22.1 Å².